The average Bonchev–Trinajstić information content (AvgIpc) is 2.67. The van der Waals surface area contributed by atoms with Crippen molar-refractivity contribution in [1.29, 1.82) is 0 Å². The smallest absolute Gasteiger partial charge is 0.266 e. The van der Waals surface area contributed by atoms with Gasteiger partial charge in [-0.05, 0) is 12.1 Å². The highest BCUT2D eigenvalue weighted by atomic mass is 79.9. The number of anilines is 1. The summed E-state index contributed by atoms with van der Waals surface area (Å²) in [6, 6.07) is 5.82. The summed E-state index contributed by atoms with van der Waals surface area (Å²) >= 11 is 4.88. The lowest BCUT2D eigenvalue weighted by Crippen LogP contribution is -2.26. The summed E-state index contributed by atoms with van der Waals surface area (Å²) < 4.78 is 1.93. The molecule has 0 aliphatic rings. The standard InChI is InChI=1S/C13H13BrN2OS/c1-3-7-16(2)13(17)12-11(15)10-8(14)5-4-6-9(10)18-12/h3-6H,1,7,15H2,2H3. The topological polar surface area (TPSA) is 46.3 Å². The molecule has 0 radical (unpaired) electrons. The highest BCUT2D eigenvalue weighted by molar-refractivity contribution is 9.10. The van der Waals surface area contributed by atoms with Crippen LogP contribution in [-0.2, 0) is 0 Å². The summed E-state index contributed by atoms with van der Waals surface area (Å²) in [5.41, 5.74) is 6.63. The number of thiophene rings is 1. The lowest BCUT2D eigenvalue weighted by molar-refractivity contribution is 0.0816. The van der Waals surface area contributed by atoms with Gasteiger partial charge in [-0.3, -0.25) is 4.79 Å². The van der Waals surface area contributed by atoms with Crippen molar-refractivity contribution in [1.82, 2.24) is 4.90 Å². The summed E-state index contributed by atoms with van der Waals surface area (Å²) in [5.74, 6) is -0.0690. The Labute approximate surface area is 118 Å². The van der Waals surface area contributed by atoms with E-state index in [0.29, 0.717) is 17.1 Å². The fourth-order valence-corrected chi connectivity index (χ4v) is 3.59. The Morgan fingerprint density at radius 1 is 1.61 bits per heavy atom. The molecule has 0 fully saturated rings. The Morgan fingerprint density at radius 3 is 2.94 bits per heavy atom. The fraction of sp³-hybridized carbons (Fsp3) is 0.154. The van der Waals surface area contributed by atoms with Gasteiger partial charge in [0.25, 0.3) is 5.91 Å². The number of nitrogen functional groups attached to an aromatic ring is 1. The van der Waals surface area contributed by atoms with Crippen LogP contribution in [0.25, 0.3) is 10.1 Å². The van der Waals surface area contributed by atoms with E-state index < -0.39 is 0 Å². The van der Waals surface area contributed by atoms with Gasteiger partial charge in [-0.2, -0.15) is 0 Å². The van der Waals surface area contributed by atoms with E-state index in [1.165, 1.54) is 11.3 Å². The van der Waals surface area contributed by atoms with Crippen molar-refractivity contribution in [3.8, 4) is 0 Å². The van der Waals surface area contributed by atoms with Crippen LogP contribution in [0.1, 0.15) is 9.67 Å². The number of nitrogens with two attached hydrogens (primary N) is 1. The average molecular weight is 325 g/mol. The number of fused-ring (bicyclic) bond motifs is 1. The third-order valence-corrected chi connectivity index (χ3v) is 4.46. The molecule has 0 aliphatic heterocycles. The number of amides is 1. The number of hydrogen-bond acceptors (Lipinski definition) is 3. The molecule has 0 atom stereocenters. The van der Waals surface area contributed by atoms with E-state index in [1.54, 1.807) is 18.0 Å². The maximum atomic E-state index is 12.2. The first-order chi connectivity index (χ1) is 8.56. The van der Waals surface area contributed by atoms with Crippen molar-refractivity contribution >= 4 is 48.9 Å². The molecular formula is C13H13BrN2OS. The lowest BCUT2D eigenvalue weighted by Gasteiger charge is -2.13. The van der Waals surface area contributed by atoms with Gasteiger partial charge in [0.2, 0.25) is 0 Å². The van der Waals surface area contributed by atoms with Crippen molar-refractivity contribution in [3.63, 3.8) is 0 Å². The minimum Gasteiger partial charge on any atom is -0.397 e. The monoisotopic (exact) mass is 324 g/mol. The molecule has 0 unspecified atom stereocenters. The first-order valence-corrected chi connectivity index (χ1v) is 7.00. The second-order valence-corrected chi connectivity index (χ2v) is 5.84. The Hall–Kier alpha value is -1.33. The first-order valence-electron chi connectivity index (χ1n) is 5.39. The molecule has 94 valence electrons. The number of benzene rings is 1. The van der Waals surface area contributed by atoms with Crippen LogP contribution in [0.3, 0.4) is 0 Å². The van der Waals surface area contributed by atoms with Crippen LogP contribution in [0.5, 0.6) is 0 Å². The molecule has 1 aromatic carbocycles. The van der Waals surface area contributed by atoms with E-state index >= 15 is 0 Å². The molecule has 1 amide bonds. The Morgan fingerprint density at radius 2 is 2.33 bits per heavy atom. The summed E-state index contributed by atoms with van der Waals surface area (Å²) in [5, 5.41) is 0.915. The van der Waals surface area contributed by atoms with E-state index in [0.717, 1.165) is 14.6 Å². The molecular weight excluding hydrogens is 312 g/mol. The molecule has 0 saturated heterocycles. The van der Waals surface area contributed by atoms with Gasteiger partial charge in [0.1, 0.15) is 4.88 Å². The van der Waals surface area contributed by atoms with Crippen molar-refractivity contribution in [2.75, 3.05) is 19.3 Å². The molecule has 2 rings (SSSR count). The zero-order valence-corrected chi connectivity index (χ0v) is 12.3. The zero-order chi connectivity index (χ0) is 13.3. The predicted molar refractivity (Wildman–Crippen MR) is 81.1 cm³/mol. The number of hydrogen-bond donors (Lipinski definition) is 1. The van der Waals surface area contributed by atoms with Crippen LogP contribution >= 0.6 is 27.3 Å². The predicted octanol–water partition coefficient (Wildman–Crippen LogP) is 3.50. The molecule has 0 spiro atoms. The normalized spacial score (nSPS) is 10.6. The Bertz CT molecular complexity index is 621. The second kappa shape index (κ2) is 5.12. The fourth-order valence-electron chi connectivity index (χ4n) is 1.74. The van der Waals surface area contributed by atoms with E-state index in [9.17, 15) is 4.79 Å². The highest BCUT2D eigenvalue weighted by Gasteiger charge is 2.20. The van der Waals surface area contributed by atoms with E-state index in [2.05, 4.69) is 22.5 Å². The number of likely N-dealkylation sites (N-methyl/N-ethyl adjacent to an activating group) is 1. The number of carbonyl (C=O) groups excluding carboxylic acids is 1. The molecule has 1 aromatic heterocycles. The Balaban J connectivity index is 2.52. The summed E-state index contributed by atoms with van der Waals surface area (Å²) in [7, 11) is 1.74. The highest BCUT2D eigenvalue weighted by Crippen LogP contribution is 2.38. The number of nitrogens with zero attached hydrogens (tertiary/aromatic N) is 1. The quantitative estimate of drug-likeness (QED) is 0.878. The second-order valence-electron chi connectivity index (χ2n) is 3.93. The molecule has 2 N–H and O–H groups in total. The molecule has 5 heteroatoms. The molecule has 18 heavy (non-hydrogen) atoms. The number of rotatable bonds is 3. The van der Waals surface area contributed by atoms with Gasteiger partial charge in [0, 0.05) is 28.2 Å². The third-order valence-electron chi connectivity index (χ3n) is 2.65. The maximum Gasteiger partial charge on any atom is 0.266 e. The van der Waals surface area contributed by atoms with Crippen molar-refractivity contribution in [3.05, 3.63) is 40.2 Å². The summed E-state index contributed by atoms with van der Waals surface area (Å²) in [6.07, 6.45) is 1.69. The van der Waals surface area contributed by atoms with E-state index in [4.69, 9.17) is 5.73 Å². The van der Waals surface area contributed by atoms with Gasteiger partial charge >= 0.3 is 0 Å². The number of carbonyl (C=O) groups is 1. The van der Waals surface area contributed by atoms with Gasteiger partial charge in [0.05, 0.1) is 5.69 Å². The van der Waals surface area contributed by atoms with Gasteiger partial charge in [0.15, 0.2) is 0 Å². The maximum absolute atomic E-state index is 12.2. The SMILES string of the molecule is C=CCN(C)C(=O)c1sc2cccc(Br)c2c1N. The molecule has 2 aromatic rings. The number of halogens is 1. The first kappa shape index (κ1) is 13.1. The van der Waals surface area contributed by atoms with E-state index in [-0.39, 0.29) is 5.91 Å². The van der Waals surface area contributed by atoms with Gasteiger partial charge in [-0.15, -0.1) is 17.9 Å². The molecule has 0 aliphatic carbocycles. The van der Waals surface area contributed by atoms with Crippen LogP contribution in [0, 0.1) is 0 Å². The van der Waals surface area contributed by atoms with Crippen LogP contribution < -0.4 is 5.73 Å². The van der Waals surface area contributed by atoms with Gasteiger partial charge in [-0.25, -0.2) is 0 Å². The summed E-state index contributed by atoms with van der Waals surface area (Å²) in [4.78, 5) is 14.4. The molecule has 0 bridgehead atoms. The Kier molecular flexibility index (Phi) is 3.73. The van der Waals surface area contributed by atoms with Gasteiger partial charge in [-0.1, -0.05) is 28.1 Å². The molecule has 0 saturated carbocycles. The van der Waals surface area contributed by atoms with Crippen LogP contribution in [0.15, 0.2) is 35.3 Å². The van der Waals surface area contributed by atoms with Crippen LogP contribution in [0.4, 0.5) is 5.69 Å². The van der Waals surface area contributed by atoms with Crippen molar-refractivity contribution in [2.24, 2.45) is 0 Å². The largest absolute Gasteiger partial charge is 0.397 e. The minimum absolute atomic E-state index is 0.0690. The molecule has 3 nitrogen and oxygen atoms in total. The van der Waals surface area contributed by atoms with Crippen LogP contribution in [0.2, 0.25) is 0 Å². The van der Waals surface area contributed by atoms with Crippen molar-refractivity contribution in [2.45, 2.75) is 0 Å². The van der Waals surface area contributed by atoms with Crippen molar-refractivity contribution < 1.29 is 4.79 Å². The minimum atomic E-state index is -0.0690. The lowest BCUT2D eigenvalue weighted by atomic mass is 10.2. The molecule has 1 heterocycles. The third kappa shape index (κ3) is 2.15. The summed E-state index contributed by atoms with van der Waals surface area (Å²) in [6.45, 7) is 4.13. The van der Waals surface area contributed by atoms with E-state index in [1.807, 2.05) is 18.2 Å². The zero-order valence-electron chi connectivity index (χ0n) is 9.94. The van der Waals surface area contributed by atoms with Crippen LogP contribution in [-0.4, -0.2) is 24.4 Å². The van der Waals surface area contributed by atoms with Gasteiger partial charge < -0.3 is 10.6 Å².